The van der Waals surface area contributed by atoms with Crippen LogP contribution in [-0.2, 0) is 11.3 Å². The highest BCUT2D eigenvalue weighted by Crippen LogP contribution is 2.09. The molecular formula is C21H26N2O3. The van der Waals surface area contributed by atoms with Crippen molar-refractivity contribution in [1.29, 1.82) is 0 Å². The second-order valence-electron chi connectivity index (χ2n) is 6.61. The van der Waals surface area contributed by atoms with E-state index in [0.29, 0.717) is 32.8 Å². The van der Waals surface area contributed by atoms with Crippen molar-refractivity contribution >= 4 is 5.91 Å². The molecule has 2 aromatic carbocycles. The molecule has 138 valence electrons. The Morgan fingerprint density at radius 2 is 1.58 bits per heavy atom. The normalized spacial score (nSPS) is 16.4. The van der Waals surface area contributed by atoms with Crippen LogP contribution in [0.5, 0.6) is 0 Å². The van der Waals surface area contributed by atoms with E-state index in [0.717, 1.165) is 24.2 Å². The predicted molar refractivity (Wildman–Crippen MR) is 101 cm³/mol. The van der Waals surface area contributed by atoms with Crippen molar-refractivity contribution in [1.82, 2.24) is 9.80 Å². The Morgan fingerprint density at radius 3 is 2.23 bits per heavy atom. The average molecular weight is 354 g/mol. The van der Waals surface area contributed by atoms with E-state index in [1.165, 1.54) is 0 Å². The molecule has 0 saturated carbocycles. The summed E-state index contributed by atoms with van der Waals surface area (Å²) in [7, 11) is 0. The molecule has 0 aromatic heterocycles. The molecule has 1 aliphatic heterocycles. The number of benzene rings is 2. The van der Waals surface area contributed by atoms with E-state index in [-0.39, 0.29) is 5.91 Å². The van der Waals surface area contributed by atoms with E-state index < -0.39 is 6.10 Å². The molecule has 1 atom stereocenters. The minimum absolute atomic E-state index is 0.0805. The lowest BCUT2D eigenvalue weighted by Crippen LogP contribution is -2.50. The van der Waals surface area contributed by atoms with Crippen LogP contribution in [0.4, 0.5) is 0 Å². The van der Waals surface area contributed by atoms with Gasteiger partial charge in [-0.15, -0.1) is 0 Å². The van der Waals surface area contributed by atoms with Gasteiger partial charge in [-0.3, -0.25) is 9.69 Å². The Hall–Kier alpha value is -2.21. The number of piperazine rings is 1. The van der Waals surface area contributed by atoms with Crippen molar-refractivity contribution < 1.29 is 14.6 Å². The predicted octanol–water partition coefficient (Wildman–Crippen LogP) is 2.02. The van der Waals surface area contributed by atoms with Gasteiger partial charge in [-0.25, -0.2) is 0 Å². The van der Waals surface area contributed by atoms with E-state index in [1.54, 1.807) is 0 Å². The zero-order chi connectivity index (χ0) is 18.2. The van der Waals surface area contributed by atoms with Crippen molar-refractivity contribution in [3.05, 3.63) is 71.8 Å². The van der Waals surface area contributed by atoms with Crippen LogP contribution in [0.3, 0.4) is 0 Å². The standard InChI is InChI=1S/C21H26N2O3/c24-20(17-26-16-18-7-3-1-4-8-18)15-22-11-13-23(14-12-22)21(25)19-9-5-2-6-10-19/h1-10,20,24H,11-17H2/t20-/m0/s1. The van der Waals surface area contributed by atoms with Gasteiger partial charge < -0.3 is 14.7 Å². The number of amides is 1. The lowest BCUT2D eigenvalue weighted by molar-refractivity contribution is 0.00206. The molecule has 0 unspecified atom stereocenters. The third-order valence-corrected chi connectivity index (χ3v) is 4.57. The molecule has 1 saturated heterocycles. The van der Waals surface area contributed by atoms with Crippen LogP contribution in [0, 0.1) is 0 Å². The Balaban J connectivity index is 1.36. The lowest BCUT2D eigenvalue weighted by Gasteiger charge is -2.35. The van der Waals surface area contributed by atoms with Gasteiger partial charge in [0.05, 0.1) is 19.3 Å². The largest absolute Gasteiger partial charge is 0.389 e. The fourth-order valence-electron chi connectivity index (χ4n) is 3.13. The second-order valence-corrected chi connectivity index (χ2v) is 6.61. The Morgan fingerprint density at radius 1 is 0.962 bits per heavy atom. The maximum Gasteiger partial charge on any atom is 0.253 e. The minimum atomic E-state index is -0.518. The molecule has 2 aromatic rings. The Bertz CT molecular complexity index is 670. The summed E-state index contributed by atoms with van der Waals surface area (Å²) in [6.07, 6.45) is -0.518. The number of carbonyl (C=O) groups excluding carboxylic acids is 1. The molecule has 0 bridgehead atoms. The number of nitrogens with zero attached hydrogens (tertiary/aromatic N) is 2. The van der Waals surface area contributed by atoms with Gasteiger partial charge in [0.1, 0.15) is 0 Å². The van der Waals surface area contributed by atoms with Crippen molar-refractivity contribution in [3.8, 4) is 0 Å². The first-order valence-electron chi connectivity index (χ1n) is 9.09. The molecule has 1 fully saturated rings. The van der Waals surface area contributed by atoms with Crippen LogP contribution in [0.25, 0.3) is 0 Å². The zero-order valence-electron chi connectivity index (χ0n) is 15.0. The summed E-state index contributed by atoms with van der Waals surface area (Å²) in [6.45, 7) is 4.32. The highest BCUT2D eigenvalue weighted by Gasteiger charge is 2.23. The second kappa shape index (κ2) is 9.48. The maximum absolute atomic E-state index is 12.4. The zero-order valence-corrected chi connectivity index (χ0v) is 15.0. The number of β-amino-alcohol motifs (C(OH)–C–C–N with tert-alkyl or cyclic N) is 1. The topological polar surface area (TPSA) is 53.0 Å². The molecule has 5 heteroatoms. The number of rotatable bonds is 7. The lowest BCUT2D eigenvalue weighted by atomic mass is 10.2. The summed E-state index contributed by atoms with van der Waals surface area (Å²) in [6, 6.07) is 19.3. The third kappa shape index (κ3) is 5.39. The van der Waals surface area contributed by atoms with Crippen LogP contribution in [-0.4, -0.2) is 66.2 Å². The minimum Gasteiger partial charge on any atom is -0.389 e. The number of aliphatic hydroxyl groups is 1. The molecule has 1 aliphatic rings. The van der Waals surface area contributed by atoms with Gasteiger partial charge >= 0.3 is 0 Å². The third-order valence-electron chi connectivity index (χ3n) is 4.57. The molecule has 5 nitrogen and oxygen atoms in total. The van der Waals surface area contributed by atoms with Crippen LogP contribution in [0.2, 0.25) is 0 Å². The number of carbonyl (C=O) groups is 1. The fourth-order valence-corrected chi connectivity index (χ4v) is 3.13. The van der Waals surface area contributed by atoms with Crippen LogP contribution < -0.4 is 0 Å². The van der Waals surface area contributed by atoms with Crippen molar-refractivity contribution in [3.63, 3.8) is 0 Å². The first kappa shape index (κ1) is 18.6. The molecule has 1 N–H and O–H groups in total. The number of hydrogen-bond acceptors (Lipinski definition) is 4. The van der Waals surface area contributed by atoms with E-state index in [1.807, 2.05) is 65.6 Å². The van der Waals surface area contributed by atoms with Crippen molar-refractivity contribution in [2.24, 2.45) is 0 Å². The van der Waals surface area contributed by atoms with Gasteiger partial charge in [-0.2, -0.15) is 0 Å². The molecular weight excluding hydrogens is 328 g/mol. The monoisotopic (exact) mass is 354 g/mol. The van der Waals surface area contributed by atoms with Crippen LogP contribution in [0.15, 0.2) is 60.7 Å². The molecule has 26 heavy (non-hydrogen) atoms. The smallest absolute Gasteiger partial charge is 0.253 e. The average Bonchev–Trinajstić information content (AvgIpc) is 2.69. The first-order chi connectivity index (χ1) is 12.7. The summed E-state index contributed by atoms with van der Waals surface area (Å²) in [5.41, 5.74) is 1.84. The summed E-state index contributed by atoms with van der Waals surface area (Å²) in [4.78, 5) is 16.5. The SMILES string of the molecule is O=C(c1ccccc1)N1CCN(C[C@H](O)COCc2ccccc2)CC1. The molecule has 1 amide bonds. The number of hydrogen-bond donors (Lipinski definition) is 1. The Labute approximate surface area is 154 Å². The molecule has 0 radical (unpaired) electrons. The molecule has 1 heterocycles. The van der Waals surface area contributed by atoms with Gasteiger partial charge in [0.25, 0.3) is 5.91 Å². The van der Waals surface area contributed by atoms with E-state index in [9.17, 15) is 9.90 Å². The van der Waals surface area contributed by atoms with E-state index >= 15 is 0 Å². The van der Waals surface area contributed by atoms with E-state index in [4.69, 9.17) is 4.74 Å². The summed E-state index contributed by atoms with van der Waals surface area (Å²) in [5.74, 6) is 0.0805. The van der Waals surface area contributed by atoms with E-state index in [2.05, 4.69) is 4.90 Å². The first-order valence-corrected chi connectivity index (χ1v) is 9.09. The fraction of sp³-hybridized carbons (Fsp3) is 0.381. The van der Waals surface area contributed by atoms with Gasteiger partial charge in [0, 0.05) is 38.3 Å². The molecule has 0 spiro atoms. The van der Waals surface area contributed by atoms with Gasteiger partial charge in [0.2, 0.25) is 0 Å². The van der Waals surface area contributed by atoms with Crippen molar-refractivity contribution in [2.45, 2.75) is 12.7 Å². The number of ether oxygens (including phenoxy) is 1. The van der Waals surface area contributed by atoms with Gasteiger partial charge in [0.15, 0.2) is 0 Å². The Kier molecular flexibility index (Phi) is 6.77. The maximum atomic E-state index is 12.4. The summed E-state index contributed by atoms with van der Waals surface area (Å²) >= 11 is 0. The van der Waals surface area contributed by atoms with Gasteiger partial charge in [-0.1, -0.05) is 48.5 Å². The van der Waals surface area contributed by atoms with Gasteiger partial charge in [-0.05, 0) is 17.7 Å². The van der Waals surface area contributed by atoms with Crippen molar-refractivity contribution in [2.75, 3.05) is 39.3 Å². The molecule has 0 aliphatic carbocycles. The summed E-state index contributed by atoms with van der Waals surface area (Å²) in [5, 5.41) is 10.2. The number of aliphatic hydroxyl groups excluding tert-OH is 1. The quantitative estimate of drug-likeness (QED) is 0.827. The molecule has 3 rings (SSSR count). The highest BCUT2D eigenvalue weighted by molar-refractivity contribution is 5.94. The highest BCUT2D eigenvalue weighted by atomic mass is 16.5. The van der Waals surface area contributed by atoms with Crippen LogP contribution >= 0.6 is 0 Å². The summed E-state index contributed by atoms with van der Waals surface area (Å²) < 4.78 is 5.60. The van der Waals surface area contributed by atoms with Crippen LogP contribution in [0.1, 0.15) is 15.9 Å².